The number of hydrogen-bond acceptors (Lipinski definition) is 7. The maximum Gasteiger partial charge on any atom is 0.323 e. The number of nitrogens with zero attached hydrogens (tertiary/aromatic N) is 3. The third-order valence-corrected chi connectivity index (χ3v) is 6.13. The number of carbonyl (C=O) groups is 1. The second kappa shape index (κ2) is 10.4. The van der Waals surface area contributed by atoms with Gasteiger partial charge in [-0.2, -0.15) is 8.42 Å². The fourth-order valence-electron chi connectivity index (χ4n) is 3.56. The Morgan fingerprint density at radius 3 is 2.35 bits per heavy atom. The van der Waals surface area contributed by atoms with Crippen molar-refractivity contribution in [1.29, 1.82) is 0 Å². The standard InChI is InChI=1S/C24H25N5O4S/c1-16-15-33-13-12-29(16)22-14-21(17(2)34(31)32)27-23(28-22)18-8-10-20(11-9-18)26-24(30)25-19-6-4-3-5-7-19/h3-11,14,16H,12-13,15H2,1-2H3,(H2,25,26,30)/t16-/m0/s1. The minimum atomic E-state index is -2.40. The molecule has 3 aromatic rings. The fourth-order valence-corrected chi connectivity index (χ4v) is 3.84. The molecule has 0 bridgehead atoms. The van der Waals surface area contributed by atoms with Gasteiger partial charge in [0, 0.05) is 29.5 Å². The third-order valence-electron chi connectivity index (χ3n) is 5.42. The van der Waals surface area contributed by atoms with Gasteiger partial charge in [-0.1, -0.05) is 18.2 Å². The molecule has 1 saturated heterocycles. The van der Waals surface area contributed by atoms with Gasteiger partial charge < -0.3 is 20.3 Å². The van der Waals surface area contributed by atoms with Crippen molar-refractivity contribution in [3.05, 3.63) is 66.4 Å². The van der Waals surface area contributed by atoms with Crippen LogP contribution < -0.4 is 15.5 Å². The van der Waals surface area contributed by atoms with Gasteiger partial charge in [0.1, 0.15) is 5.82 Å². The molecule has 1 aromatic heterocycles. The summed E-state index contributed by atoms with van der Waals surface area (Å²) >= 11 is 0. The van der Waals surface area contributed by atoms with Crippen LogP contribution in [0, 0.1) is 0 Å². The minimum Gasteiger partial charge on any atom is -0.377 e. The number of para-hydroxylation sites is 1. The van der Waals surface area contributed by atoms with Gasteiger partial charge in [0.05, 0.1) is 29.8 Å². The lowest BCUT2D eigenvalue weighted by Gasteiger charge is -2.34. The normalized spacial score (nSPS) is 15.5. The highest BCUT2D eigenvalue weighted by molar-refractivity contribution is 7.73. The largest absolute Gasteiger partial charge is 0.377 e. The average Bonchev–Trinajstić information content (AvgIpc) is 2.84. The van der Waals surface area contributed by atoms with Crippen molar-refractivity contribution in [3.8, 4) is 11.4 Å². The van der Waals surface area contributed by atoms with Crippen LogP contribution in [0.1, 0.15) is 19.5 Å². The monoisotopic (exact) mass is 479 g/mol. The Labute approximate surface area is 199 Å². The molecule has 10 heteroatoms. The second-order valence-electron chi connectivity index (χ2n) is 7.87. The van der Waals surface area contributed by atoms with Crippen LogP contribution in [0.2, 0.25) is 0 Å². The molecule has 1 aliphatic heterocycles. The maximum atomic E-state index is 12.2. The van der Waals surface area contributed by atoms with E-state index in [0.717, 1.165) is 0 Å². The van der Waals surface area contributed by atoms with E-state index in [1.54, 1.807) is 42.5 Å². The van der Waals surface area contributed by atoms with Crippen LogP contribution in [0.25, 0.3) is 11.4 Å². The molecule has 176 valence electrons. The molecule has 2 N–H and O–H groups in total. The van der Waals surface area contributed by atoms with Crippen molar-refractivity contribution < 1.29 is 17.9 Å². The van der Waals surface area contributed by atoms with Crippen LogP contribution in [-0.4, -0.2) is 55.1 Å². The smallest absolute Gasteiger partial charge is 0.323 e. The number of nitrogens with one attached hydrogen (secondary N) is 2. The maximum absolute atomic E-state index is 12.2. The van der Waals surface area contributed by atoms with Crippen LogP contribution in [0.15, 0.2) is 60.7 Å². The molecule has 2 amide bonds. The summed E-state index contributed by atoms with van der Waals surface area (Å²) in [7, 11) is -2.40. The summed E-state index contributed by atoms with van der Waals surface area (Å²) in [5, 5.41) is 5.55. The number of aromatic nitrogens is 2. The van der Waals surface area contributed by atoms with Gasteiger partial charge in [0.15, 0.2) is 5.82 Å². The molecule has 4 rings (SSSR count). The Hall–Kier alpha value is -3.76. The molecule has 0 aliphatic carbocycles. The van der Waals surface area contributed by atoms with Crippen molar-refractivity contribution in [2.45, 2.75) is 19.9 Å². The molecule has 9 nitrogen and oxygen atoms in total. The molecule has 0 spiro atoms. The molecule has 1 aliphatic rings. The van der Waals surface area contributed by atoms with Crippen LogP contribution in [0.3, 0.4) is 0 Å². The lowest BCUT2D eigenvalue weighted by Crippen LogP contribution is -2.44. The van der Waals surface area contributed by atoms with Gasteiger partial charge >= 0.3 is 6.03 Å². The molecule has 34 heavy (non-hydrogen) atoms. The first-order valence-corrected chi connectivity index (χ1v) is 11.9. The van der Waals surface area contributed by atoms with Crippen molar-refractivity contribution in [2.24, 2.45) is 0 Å². The summed E-state index contributed by atoms with van der Waals surface area (Å²) in [6, 6.07) is 17.6. The van der Waals surface area contributed by atoms with Crippen LogP contribution >= 0.6 is 0 Å². The molecule has 2 heterocycles. The van der Waals surface area contributed by atoms with Gasteiger partial charge in [-0.25, -0.2) is 14.8 Å². The third kappa shape index (κ3) is 5.59. The zero-order valence-electron chi connectivity index (χ0n) is 18.9. The zero-order chi connectivity index (χ0) is 24.1. The highest BCUT2D eigenvalue weighted by Gasteiger charge is 2.22. The molecule has 1 fully saturated rings. The van der Waals surface area contributed by atoms with E-state index in [2.05, 4.69) is 20.5 Å². The number of rotatable bonds is 5. The van der Waals surface area contributed by atoms with Gasteiger partial charge in [0.25, 0.3) is 0 Å². The van der Waals surface area contributed by atoms with E-state index in [1.807, 2.05) is 25.1 Å². The number of morpholine rings is 1. The summed E-state index contributed by atoms with van der Waals surface area (Å²) in [5.41, 5.74) is 2.33. The molecule has 2 aromatic carbocycles. The lowest BCUT2D eigenvalue weighted by atomic mass is 10.1. The fraction of sp³-hybridized carbons (Fsp3) is 0.250. The van der Waals surface area contributed by atoms with Crippen molar-refractivity contribution in [3.63, 3.8) is 0 Å². The molecule has 0 radical (unpaired) electrons. The zero-order valence-corrected chi connectivity index (χ0v) is 19.7. The number of amides is 2. The minimum absolute atomic E-state index is 0.0945. The predicted molar refractivity (Wildman–Crippen MR) is 133 cm³/mol. The van der Waals surface area contributed by atoms with E-state index in [9.17, 15) is 13.2 Å². The quantitative estimate of drug-likeness (QED) is 0.426. The first-order chi connectivity index (χ1) is 16.4. The Kier molecular flexibility index (Phi) is 7.19. The highest BCUT2D eigenvalue weighted by atomic mass is 32.2. The summed E-state index contributed by atoms with van der Waals surface area (Å²) in [6.07, 6.45) is 0. The highest BCUT2D eigenvalue weighted by Crippen LogP contribution is 2.24. The number of anilines is 3. The van der Waals surface area contributed by atoms with Crippen LogP contribution in [0.4, 0.5) is 22.0 Å². The molecule has 1 atom stereocenters. The summed E-state index contributed by atoms with van der Waals surface area (Å²) in [5.74, 6) is 1.04. The number of benzene rings is 2. The second-order valence-corrected chi connectivity index (χ2v) is 8.95. The molecule has 0 saturated carbocycles. The van der Waals surface area contributed by atoms with Gasteiger partial charge in [-0.05, 0) is 50.2 Å². The number of urea groups is 1. The van der Waals surface area contributed by atoms with Crippen LogP contribution in [0.5, 0.6) is 0 Å². The molecule has 0 unspecified atom stereocenters. The van der Waals surface area contributed by atoms with Gasteiger partial charge in [-0.15, -0.1) is 0 Å². The molecular formula is C24H25N5O4S. The topological polar surface area (TPSA) is 114 Å². The first-order valence-electron chi connectivity index (χ1n) is 10.8. The van der Waals surface area contributed by atoms with E-state index in [4.69, 9.17) is 9.72 Å². The van der Waals surface area contributed by atoms with Gasteiger partial charge in [0.2, 0.25) is 10.3 Å². The van der Waals surface area contributed by atoms with E-state index < -0.39 is 10.3 Å². The Morgan fingerprint density at radius 1 is 1.03 bits per heavy atom. The number of hydrogen-bond donors (Lipinski definition) is 2. The molecular weight excluding hydrogens is 454 g/mol. The predicted octanol–water partition coefficient (Wildman–Crippen LogP) is 3.43. The average molecular weight is 480 g/mol. The van der Waals surface area contributed by atoms with E-state index >= 15 is 0 Å². The first kappa shape index (κ1) is 23.4. The summed E-state index contributed by atoms with van der Waals surface area (Å²) in [4.78, 5) is 23.7. The van der Waals surface area contributed by atoms with E-state index in [0.29, 0.717) is 54.0 Å². The SMILES string of the molecule is CC(c1cc(N2CCOC[C@@H]2C)nc(-c2ccc(NC(=O)Nc3ccccc3)cc2)n1)=S(=O)=O. The van der Waals surface area contributed by atoms with Crippen molar-refractivity contribution in [1.82, 2.24) is 9.97 Å². The van der Waals surface area contributed by atoms with Gasteiger partial charge in [-0.3, -0.25) is 0 Å². The Morgan fingerprint density at radius 2 is 1.71 bits per heavy atom. The summed E-state index contributed by atoms with van der Waals surface area (Å²) < 4.78 is 28.7. The lowest BCUT2D eigenvalue weighted by molar-refractivity contribution is 0.0985. The van der Waals surface area contributed by atoms with E-state index in [-0.39, 0.29) is 16.9 Å². The number of carbonyl (C=O) groups excluding carboxylic acids is 1. The summed E-state index contributed by atoms with van der Waals surface area (Å²) in [6.45, 7) is 5.33. The van der Waals surface area contributed by atoms with E-state index in [1.165, 1.54) is 6.92 Å². The number of ether oxygens (including phenoxy) is 1. The Balaban J connectivity index is 1.60. The Bertz CT molecular complexity index is 1300. The van der Waals surface area contributed by atoms with Crippen molar-refractivity contribution >= 4 is 38.4 Å². The van der Waals surface area contributed by atoms with Crippen molar-refractivity contribution in [2.75, 3.05) is 35.3 Å². The van der Waals surface area contributed by atoms with Crippen LogP contribution in [-0.2, 0) is 15.0 Å².